The van der Waals surface area contributed by atoms with Gasteiger partial charge >= 0.3 is 0 Å². The smallest absolute Gasteiger partial charge is 0.165 e. The van der Waals surface area contributed by atoms with Crippen molar-refractivity contribution >= 4 is 0 Å². The summed E-state index contributed by atoms with van der Waals surface area (Å²) in [5.74, 6) is 0.00376. The zero-order valence-corrected chi connectivity index (χ0v) is 15.3. The number of aryl methyl sites for hydroxylation is 1. The molecule has 0 saturated carbocycles. The molecule has 2 nitrogen and oxygen atoms in total. The van der Waals surface area contributed by atoms with Crippen molar-refractivity contribution in [2.45, 2.75) is 83.8 Å². The Morgan fingerprint density at radius 1 is 0.913 bits per heavy atom. The zero-order valence-electron chi connectivity index (χ0n) is 15.3. The van der Waals surface area contributed by atoms with E-state index in [4.69, 9.17) is 9.47 Å². The molecule has 1 saturated heterocycles. The number of hydrogen-bond donors (Lipinski definition) is 0. The van der Waals surface area contributed by atoms with Crippen molar-refractivity contribution in [2.75, 3.05) is 13.2 Å². The highest BCUT2D eigenvalue weighted by Crippen LogP contribution is 2.31. The van der Waals surface area contributed by atoms with Crippen LogP contribution in [0, 0.1) is 0 Å². The molecule has 1 fully saturated rings. The van der Waals surface area contributed by atoms with Gasteiger partial charge in [0.25, 0.3) is 0 Å². The van der Waals surface area contributed by atoms with Crippen LogP contribution in [0.2, 0.25) is 0 Å². The van der Waals surface area contributed by atoms with E-state index >= 15 is 0 Å². The van der Waals surface area contributed by atoms with E-state index in [1.807, 2.05) is 0 Å². The zero-order chi connectivity index (χ0) is 16.5. The van der Waals surface area contributed by atoms with Gasteiger partial charge < -0.3 is 9.47 Å². The number of rotatable bonds is 9. The van der Waals surface area contributed by atoms with Gasteiger partial charge in [-0.05, 0) is 30.9 Å². The molecule has 0 spiro atoms. The summed E-state index contributed by atoms with van der Waals surface area (Å²) in [6, 6.07) is 8.99. The number of hydrogen-bond acceptors (Lipinski definition) is 2. The van der Waals surface area contributed by atoms with Crippen LogP contribution < -0.4 is 0 Å². The molecule has 1 heterocycles. The third-order valence-corrected chi connectivity index (χ3v) is 4.90. The summed E-state index contributed by atoms with van der Waals surface area (Å²) in [6.45, 7) is 8.13. The molecule has 0 atom stereocenters. The van der Waals surface area contributed by atoms with Crippen LogP contribution in [0.15, 0.2) is 24.3 Å². The fourth-order valence-corrected chi connectivity index (χ4v) is 3.28. The van der Waals surface area contributed by atoms with Crippen molar-refractivity contribution in [3.05, 3.63) is 35.4 Å². The summed E-state index contributed by atoms with van der Waals surface area (Å²) < 4.78 is 12.2. The van der Waals surface area contributed by atoms with Gasteiger partial charge in [0.2, 0.25) is 0 Å². The van der Waals surface area contributed by atoms with E-state index in [0.29, 0.717) is 5.92 Å². The van der Waals surface area contributed by atoms with Gasteiger partial charge in [-0.15, -0.1) is 0 Å². The predicted octanol–water partition coefficient (Wildman–Crippen LogP) is 5.85. The van der Waals surface area contributed by atoms with Gasteiger partial charge in [0.05, 0.1) is 13.2 Å². The van der Waals surface area contributed by atoms with Gasteiger partial charge in [0.15, 0.2) is 5.79 Å². The molecule has 0 radical (unpaired) electrons. The van der Waals surface area contributed by atoms with E-state index in [1.54, 1.807) is 0 Å². The molecule has 0 aromatic heterocycles. The molecule has 0 unspecified atom stereocenters. The summed E-state index contributed by atoms with van der Waals surface area (Å²) >= 11 is 0. The van der Waals surface area contributed by atoms with Crippen molar-refractivity contribution in [1.29, 1.82) is 0 Å². The summed E-state index contributed by atoms with van der Waals surface area (Å²) in [5.41, 5.74) is 2.76. The lowest BCUT2D eigenvalue weighted by molar-refractivity contribution is -0.266. The fraction of sp³-hybridized carbons (Fsp3) is 0.714. The number of unbranched alkanes of at least 4 members (excludes halogenated alkanes) is 4. The van der Waals surface area contributed by atoms with Crippen LogP contribution >= 0.6 is 0 Å². The summed E-state index contributed by atoms with van der Waals surface area (Å²) in [5, 5.41) is 0. The second-order valence-corrected chi connectivity index (χ2v) is 7.11. The molecule has 0 N–H and O–H groups in total. The van der Waals surface area contributed by atoms with Gasteiger partial charge in [-0.2, -0.15) is 0 Å². The Hall–Kier alpha value is -0.860. The third-order valence-electron chi connectivity index (χ3n) is 4.90. The van der Waals surface area contributed by atoms with E-state index in [-0.39, 0.29) is 5.79 Å². The van der Waals surface area contributed by atoms with Crippen LogP contribution in [0.4, 0.5) is 0 Å². The van der Waals surface area contributed by atoms with Crippen molar-refractivity contribution < 1.29 is 9.47 Å². The largest absolute Gasteiger partial charge is 0.350 e. The highest BCUT2D eigenvalue weighted by Gasteiger charge is 2.32. The van der Waals surface area contributed by atoms with E-state index in [1.165, 1.54) is 49.7 Å². The van der Waals surface area contributed by atoms with Crippen LogP contribution in [-0.2, 0) is 15.9 Å². The molecule has 1 aromatic carbocycles. The lowest BCUT2D eigenvalue weighted by Gasteiger charge is -2.38. The Morgan fingerprint density at radius 3 is 2.17 bits per heavy atom. The minimum atomic E-state index is -0.370. The summed E-state index contributed by atoms with van der Waals surface area (Å²) in [7, 11) is 0. The van der Waals surface area contributed by atoms with Crippen LogP contribution in [-0.4, -0.2) is 19.0 Å². The van der Waals surface area contributed by atoms with Gasteiger partial charge in [0, 0.05) is 12.3 Å². The van der Waals surface area contributed by atoms with Gasteiger partial charge in [-0.1, -0.05) is 70.2 Å². The van der Waals surface area contributed by atoms with Crippen molar-refractivity contribution in [3.63, 3.8) is 0 Å². The van der Waals surface area contributed by atoms with Gasteiger partial charge in [-0.25, -0.2) is 0 Å². The van der Waals surface area contributed by atoms with Crippen LogP contribution in [0.1, 0.15) is 82.8 Å². The third kappa shape index (κ3) is 5.93. The first-order valence-corrected chi connectivity index (χ1v) is 9.53. The average Bonchev–Trinajstić information content (AvgIpc) is 2.57. The molecule has 1 aliphatic heterocycles. The highest BCUT2D eigenvalue weighted by molar-refractivity contribution is 5.26. The SMILES string of the molecule is CCCCCCC[C@]1(C)OC[C@@H](c2ccc(CCC)cc2)CO1. The molecule has 2 rings (SSSR count). The maximum atomic E-state index is 6.09. The van der Waals surface area contributed by atoms with Crippen LogP contribution in [0.5, 0.6) is 0 Å². The number of benzene rings is 1. The minimum absolute atomic E-state index is 0.370. The van der Waals surface area contributed by atoms with Crippen molar-refractivity contribution in [3.8, 4) is 0 Å². The molecule has 1 aromatic rings. The molecule has 130 valence electrons. The van der Waals surface area contributed by atoms with Crippen molar-refractivity contribution in [2.24, 2.45) is 0 Å². The Morgan fingerprint density at radius 2 is 1.57 bits per heavy atom. The lowest BCUT2D eigenvalue weighted by Crippen LogP contribution is -2.40. The molecule has 0 aliphatic carbocycles. The van der Waals surface area contributed by atoms with Crippen molar-refractivity contribution in [1.82, 2.24) is 0 Å². The molecule has 1 aliphatic rings. The minimum Gasteiger partial charge on any atom is -0.350 e. The fourth-order valence-electron chi connectivity index (χ4n) is 3.28. The van der Waals surface area contributed by atoms with E-state index < -0.39 is 0 Å². The maximum absolute atomic E-state index is 6.09. The van der Waals surface area contributed by atoms with Crippen LogP contribution in [0.3, 0.4) is 0 Å². The monoisotopic (exact) mass is 318 g/mol. The molecule has 2 heteroatoms. The normalized spacial score (nSPS) is 24.7. The van der Waals surface area contributed by atoms with E-state index in [0.717, 1.165) is 26.1 Å². The Labute approximate surface area is 142 Å². The molecular formula is C21H34O2. The Balaban J connectivity index is 1.76. The topological polar surface area (TPSA) is 18.5 Å². The lowest BCUT2D eigenvalue weighted by atomic mass is 9.97. The molecule has 23 heavy (non-hydrogen) atoms. The maximum Gasteiger partial charge on any atom is 0.165 e. The number of ether oxygens (including phenoxy) is 2. The summed E-state index contributed by atoms with van der Waals surface area (Å²) in [4.78, 5) is 0. The first-order chi connectivity index (χ1) is 11.2. The highest BCUT2D eigenvalue weighted by atomic mass is 16.7. The van der Waals surface area contributed by atoms with E-state index in [9.17, 15) is 0 Å². The van der Waals surface area contributed by atoms with Gasteiger partial charge in [-0.3, -0.25) is 0 Å². The first kappa shape index (κ1) is 18.5. The Bertz CT molecular complexity index is 430. The molecular weight excluding hydrogens is 284 g/mol. The first-order valence-electron chi connectivity index (χ1n) is 9.53. The Kier molecular flexibility index (Phi) is 7.58. The van der Waals surface area contributed by atoms with Gasteiger partial charge in [0.1, 0.15) is 0 Å². The average molecular weight is 319 g/mol. The van der Waals surface area contributed by atoms with Crippen LogP contribution in [0.25, 0.3) is 0 Å². The second-order valence-electron chi connectivity index (χ2n) is 7.11. The van der Waals surface area contributed by atoms with E-state index in [2.05, 4.69) is 45.0 Å². The molecule has 0 bridgehead atoms. The predicted molar refractivity (Wildman–Crippen MR) is 96.9 cm³/mol. The second kappa shape index (κ2) is 9.44. The quantitative estimate of drug-likeness (QED) is 0.532. The standard InChI is InChI=1S/C21H34O2/c1-4-6-7-8-9-15-21(3)22-16-20(17-23-21)19-13-11-18(10-5-2)12-14-19/h11-14,20H,4-10,15-17H2,1-3H3/t20-,21-. The summed E-state index contributed by atoms with van der Waals surface area (Å²) in [6.07, 6.45) is 9.83. The molecule has 0 amide bonds.